The largest absolute Gasteiger partial charge is 0.480 e. The summed E-state index contributed by atoms with van der Waals surface area (Å²) in [5.74, 6) is -1.35. The van der Waals surface area contributed by atoms with Crippen LogP contribution in [0.1, 0.15) is 6.92 Å². The van der Waals surface area contributed by atoms with Gasteiger partial charge in [0.05, 0.1) is 11.8 Å². The lowest BCUT2D eigenvalue weighted by Gasteiger charge is -2.13. The molecule has 0 fully saturated rings. The molecule has 0 aliphatic carbocycles. The van der Waals surface area contributed by atoms with E-state index in [1.807, 2.05) is 0 Å². The first-order valence-electron chi connectivity index (χ1n) is 4.51. The highest BCUT2D eigenvalue weighted by atomic mass is 32.2. The molecule has 0 saturated carbocycles. The maximum absolute atomic E-state index is 11.2. The van der Waals surface area contributed by atoms with Crippen molar-refractivity contribution < 1.29 is 23.1 Å². The molecule has 8 heteroatoms. The lowest BCUT2D eigenvalue weighted by molar-refractivity contribution is -0.138. The second-order valence-electron chi connectivity index (χ2n) is 3.44. The Labute approximate surface area is 92.4 Å². The lowest BCUT2D eigenvalue weighted by atomic mass is 10.3. The number of hydrogen-bond donors (Lipinski definition) is 3. The van der Waals surface area contributed by atoms with E-state index < -0.39 is 33.9 Å². The van der Waals surface area contributed by atoms with Crippen molar-refractivity contribution >= 4 is 21.8 Å². The van der Waals surface area contributed by atoms with Crippen molar-refractivity contribution in [1.29, 1.82) is 0 Å². The van der Waals surface area contributed by atoms with Crippen molar-refractivity contribution in [3.05, 3.63) is 11.5 Å². The van der Waals surface area contributed by atoms with E-state index in [-0.39, 0.29) is 5.75 Å². The van der Waals surface area contributed by atoms with Crippen molar-refractivity contribution in [2.75, 3.05) is 5.75 Å². The second kappa shape index (κ2) is 4.52. The zero-order valence-electron chi connectivity index (χ0n) is 8.50. The number of sulfone groups is 1. The first-order valence-corrected chi connectivity index (χ1v) is 6.22. The van der Waals surface area contributed by atoms with Gasteiger partial charge in [-0.2, -0.15) is 0 Å². The smallest absolute Gasteiger partial charge is 0.325 e. The Kier molecular flexibility index (Phi) is 3.53. The van der Waals surface area contributed by atoms with Gasteiger partial charge in [0.1, 0.15) is 6.04 Å². The minimum atomic E-state index is -3.23. The number of rotatable bonds is 3. The van der Waals surface area contributed by atoms with Gasteiger partial charge in [-0.15, -0.1) is 0 Å². The maximum Gasteiger partial charge on any atom is 0.325 e. The Morgan fingerprint density at radius 3 is 2.56 bits per heavy atom. The quantitative estimate of drug-likeness (QED) is 0.597. The Balaban J connectivity index is 2.43. The zero-order chi connectivity index (χ0) is 12.3. The summed E-state index contributed by atoms with van der Waals surface area (Å²) >= 11 is 0. The van der Waals surface area contributed by atoms with E-state index in [0.29, 0.717) is 0 Å². The van der Waals surface area contributed by atoms with Crippen LogP contribution in [0.15, 0.2) is 11.5 Å². The maximum atomic E-state index is 11.2. The van der Waals surface area contributed by atoms with Gasteiger partial charge in [-0.3, -0.25) is 4.79 Å². The van der Waals surface area contributed by atoms with Crippen LogP contribution < -0.4 is 10.6 Å². The lowest BCUT2D eigenvalue weighted by Crippen LogP contribution is -2.48. The number of aliphatic carboxylic acids is 1. The van der Waals surface area contributed by atoms with Crippen molar-refractivity contribution in [1.82, 2.24) is 10.6 Å². The van der Waals surface area contributed by atoms with Gasteiger partial charge in [0.15, 0.2) is 9.84 Å². The first-order chi connectivity index (χ1) is 7.30. The third kappa shape index (κ3) is 3.54. The van der Waals surface area contributed by atoms with Gasteiger partial charge in [0.2, 0.25) is 0 Å². The van der Waals surface area contributed by atoms with Gasteiger partial charge in [0.25, 0.3) is 0 Å². The SMILES string of the molecule is C[C@@H](NC(=O)NC1C=CS(=O)(=O)C1)C(=O)O. The average molecular weight is 248 g/mol. The van der Waals surface area contributed by atoms with E-state index in [2.05, 4.69) is 10.6 Å². The number of carboxylic acids is 1. The summed E-state index contributed by atoms with van der Waals surface area (Å²) < 4.78 is 22.0. The van der Waals surface area contributed by atoms with Gasteiger partial charge < -0.3 is 15.7 Å². The highest BCUT2D eigenvalue weighted by Gasteiger charge is 2.24. The number of hydrogen-bond acceptors (Lipinski definition) is 4. The van der Waals surface area contributed by atoms with Crippen LogP contribution in [0.25, 0.3) is 0 Å². The second-order valence-corrected chi connectivity index (χ2v) is 5.37. The molecule has 1 aliphatic heterocycles. The van der Waals surface area contributed by atoms with Crippen LogP contribution in [-0.2, 0) is 14.6 Å². The minimum Gasteiger partial charge on any atom is -0.480 e. The number of nitrogens with one attached hydrogen (secondary N) is 2. The van der Waals surface area contributed by atoms with Gasteiger partial charge in [0, 0.05) is 5.41 Å². The van der Waals surface area contributed by atoms with Gasteiger partial charge >= 0.3 is 12.0 Å². The molecule has 0 aromatic carbocycles. The first kappa shape index (κ1) is 12.5. The van der Waals surface area contributed by atoms with Crippen molar-refractivity contribution in [3.63, 3.8) is 0 Å². The monoisotopic (exact) mass is 248 g/mol. The Morgan fingerprint density at radius 2 is 2.12 bits per heavy atom. The minimum absolute atomic E-state index is 0.193. The van der Waals surface area contributed by atoms with Crippen LogP contribution in [0.2, 0.25) is 0 Å². The molecule has 1 heterocycles. The molecular weight excluding hydrogens is 236 g/mol. The summed E-state index contributed by atoms with van der Waals surface area (Å²) in [5.41, 5.74) is 0. The molecule has 90 valence electrons. The van der Waals surface area contributed by atoms with Crippen LogP contribution in [0.3, 0.4) is 0 Å². The summed E-state index contributed by atoms with van der Waals surface area (Å²) in [5, 5.41) is 14.0. The fourth-order valence-electron chi connectivity index (χ4n) is 1.13. The predicted molar refractivity (Wildman–Crippen MR) is 55.5 cm³/mol. The van der Waals surface area contributed by atoms with Gasteiger partial charge in [-0.25, -0.2) is 13.2 Å². The summed E-state index contributed by atoms with van der Waals surface area (Å²) in [4.78, 5) is 21.6. The molecular formula is C8H12N2O5S. The van der Waals surface area contributed by atoms with E-state index in [1.165, 1.54) is 13.0 Å². The van der Waals surface area contributed by atoms with E-state index in [4.69, 9.17) is 5.11 Å². The highest BCUT2D eigenvalue weighted by Crippen LogP contribution is 2.07. The number of carboxylic acid groups (broad SMARTS) is 1. The molecule has 2 amide bonds. The standard InChI is InChI=1S/C8H12N2O5S/c1-5(7(11)12)9-8(13)10-6-2-3-16(14,15)4-6/h2-3,5-6H,4H2,1H3,(H,11,12)(H2,9,10,13)/t5-,6?/m1/s1. The van der Waals surface area contributed by atoms with Crippen molar-refractivity contribution in [3.8, 4) is 0 Å². The van der Waals surface area contributed by atoms with Crippen molar-refractivity contribution in [2.24, 2.45) is 0 Å². The molecule has 0 aromatic heterocycles. The summed E-state index contributed by atoms with van der Waals surface area (Å²) in [7, 11) is -3.23. The Hall–Kier alpha value is -1.57. The van der Waals surface area contributed by atoms with E-state index in [0.717, 1.165) is 5.41 Å². The zero-order valence-corrected chi connectivity index (χ0v) is 9.32. The van der Waals surface area contributed by atoms with E-state index in [1.54, 1.807) is 0 Å². The molecule has 0 bridgehead atoms. The third-order valence-corrected chi connectivity index (χ3v) is 3.36. The summed E-state index contributed by atoms with van der Waals surface area (Å²) in [6, 6.07) is -2.34. The normalized spacial score (nSPS) is 23.7. The fourth-order valence-corrected chi connectivity index (χ4v) is 2.37. The predicted octanol–water partition coefficient (Wildman–Crippen LogP) is -0.931. The topological polar surface area (TPSA) is 113 Å². The molecule has 16 heavy (non-hydrogen) atoms. The average Bonchev–Trinajstić information content (AvgIpc) is 2.44. The molecule has 0 saturated heterocycles. The fraction of sp³-hybridized carbons (Fsp3) is 0.500. The molecule has 1 aliphatic rings. The van der Waals surface area contributed by atoms with Crippen molar-refractivity contribution in [2.45, 2.75) is 19.0 Å². The summed E-state index contributed by atoms with van der Waals surface area (Å²) in [6.07, 6.45) is 1.35. The van der Waals surface area contributed by atoms with Gasteiger partial charge in [-0.1, -0.05) is 0 Å². The van der Waals surface area contributed by atoms with Gasteiger partial charge in [-0.05, 0) is 13.0 Å². The molecule has 7 nitrogen and oxygen atoms in total. The van der Waals surface area contributed by atoms with Crippen LogP contribution in [-0.4, -0.2) is 43.4 Å². The van der Waals surface area contributed by atoms with E-state index >= 15 is 0 Å². The molecule has 1 unspecified atom stereocenters. The molecule has 0 radical (unpaired) electrons. The molecule has 0 spiro atoms. The number of carbonyl (C=O) groups excluding carboxylic acids is 1. The molecule has 0 aromatic rings. The Bertz CT molecular complexity index is 428. The highest BCUT2D eigenvalue weighted by molar-refractivity contribution is 7.94. The summed E-state index contributed by atoms with van der Waals surface area (Å²) in [6.45, 7) is 1.31. The van der Waals surface area contributed by atoms with Crippen LogP contribution in [0.4, 0.5) is 4.79 Å². The number of carbonyl (C=O) groups is 2. The van der Waals surface area contributed by atoms with Crippen LogP contribution in [0.5, 0.6) is 0 Å². The van der Waals surface area contributed by atoms with Crippen LogP contribution >= 0.6 is 0 Å². The number of amides is 2. The number of urea groups is 1. The Morgan fingerprint density at radius 1 is 1.50 bits per heavy atom. The van der Waals surface area contributed by atoms with Crippen LogP contribution in [0, 0.1) is 0 Å². The molecule has 3 N–H and O–H groups in total. The third-order valence-electron chi connectivity index (χ3n) is 1.96. The molecule has 2 atom stereocenters. The van der Waals surface area contributed by atoms with E-state index in [9.17, 15) is 18.0 Å². The molecule has 1 rings (SSSR count).